The molecule has 2 N–H and O–H groups in total. The molecule has 0 unspecified atom stereocenters. The van der Waals surface area contributed by atoms with E-state index in [0.29, 0.717) is 11.4 Å². The van der Waals surface area contributed by atoms with Crippen molar-refractivity contribution < 1.29 is 9.32 Å². The number of halogens is 1. The average molecular weight is 297 g/mol. The first-order chi connectivity index (χ1) is 9.10. The van der Waals surface area contributed by atoms with E-state index < -0.39 is 0 Å². The Hall–Kier alpha value is -2.08. The molecule has 7 heteroatoms. The van der Waals surface area contributed by atoms with Crippen LogP contribution in [0.25, 0.3) is 0 Å². The summed E-state index contributed by atoms with van der Waals surface area (Å²) in [5, 5.41) is 9.52. The highest BCUT2D eigenvalue weighted by Gasteiger charge is 2.13. The summed E-state index contributed by atoms with van der Waals surface area (Å²) in [6.07, 6.45) is 1.85. The first-order valence-corrected chi connectivity index (χ1v) is 5.95. The molecule has 108 valence electrons. The fourth-order valence-electron chi connectivity index (χ4n) is 1.74. The quantitative estimate of drug-likeness (QED) is 0.905. The molecular formula is C13H17ClN4O2. The highest BCUT2D eigenvalue weighted by atomic mass is 35.5. The third-order valence-electron chi connectivity index (χ3n) is 2.82. The van der Waals surface area contributed by atoms with Gasteiger partial charge in [-0.15, -0.1) is 12.4 Å². The van der Waals surface area contributed by atoms with Crippen molar-refractivity contribution in [3.05, 3.63) is 35.3 Å². The van der Waals surface area contributed by atoms with Gasteiger partial charge >= 0.3 is 0 Å². The number of carbonyl (C=O) groups is 1. The van der Waals surface area contributed by atoms with Crippen molar-refractivity contribution in [1.82, 2.24) is 10.1 Å². The number of pyridine rings is 1. The van der Waals surface area contributed by atoms with E-state index in [9.17, 15) is 4.79 Å². The van der Waals surface area contributed by atoms with Crippen LogP contribution in [0.4, 0.5) is 11.5 Å². The molecule has 0 spiro atoms. The molecule has 0 atom stereocenters. The maximum atomic E-state index is 11.9. The van der Waals surface area contributed by atoms with Crippen LogP contribution in [-0.2, 0) is 11.2 Å². The number of amides is 1. The second kappa shape index (κ2) is 6.91. The van der Waals surface area contributed by atoms with Gasteiger partial charge in [0.2, 0.25) is 5.91 Å². The molecule has 0 aliphatic carbocycles. The Labute approximate surface area is 123 Å². The molecule has 2 rings (SSSR count). The molecule has 0 bridgehead atoms. The predicted octanol–water partition coefficient (Wildman–Crippen LogP) is 2.33. The predicted molar refractivity (Wildman–Crippen MR) is 79.3 cm³/mol. The van der Waals surface area contributed by atoms with Gasteiger partial charge in [0.1, 0.15) is 11.6 Å². The summed E-state index contributed by atoms with van der Waals surface area (Å²) >= 11 is 0. The number of anilines is 2. The van der Waals surface area contributed by atoms with E-state index in [0.717, 1.165) is 17.1 Å². The number of carbonyl (C=O) groups excluding carboxylic acids is 1. The van der Waals surface area contributed by atoms with E-state index in [-0.39, 0.29) is 24.7 Å². The summed E-state index contributed by atoms with van der Waals surface area (Å²) in [4.78, 5) is 16.0. The highest BCUT2D eigenvalue weighted by Crippen LogP contribution is 2.14. The molecule has 0 aliphatic heterocycles. The van der Waals surface area contributed by atoms with E-state index >= 15 is 0 Å². The van der Waals surface area contributed by atoms with Crippen LogP contribution in [0.15, 0.2) is 22.9 Å². The van der Waals surface area contributed by atoms with Crippen molar-refractivity contribution in [2.24, 2.45) is 0 Å². The van der Waals surface area contributed by atoms with Crippen molar-refractivity contribution >= 4 is 29.8 Å². The fourth-order valence-corrected chi connectivity index (χ4v) is 1.74. The van der Waals surface area contributed by atoms with Gasteiger partial charge in [0.05, 0.1) is 24.0 Å². The number of hydrogen-bond donors (Lipinski definition) is 2. The normalized spacial score (nSPS) is 9.75. The molecule has 0 aromatic carbocycles. The van der Waals surface area contributed by atoms with Crippen molar-refractivity contribution in [2.75, 3.05) is 17.7 Å². The molecule has 0 saturated heterocycles. The zero-order chi connectivity index (χ0) is 13.8. The molecule has 6 nitrogen and oxygen atoms in total. The first kappa shape index (κ1) is 16.0. The molecule has 2 aromatic rings. The Morgan fingerprint density at radius 3 is 2.60 bits per heavy atom. The van der Waals surface area contributed by atoms with Crippen LogP contribution in [0.5, 0.6) is 0 Å². The maximum absolute atomic E-state index is 11.9. The summed E-state index contributed by atoms with van der Waals surface area (Å²) in [5.74, 6) is 1.31. The van der Waals surface area contributed by atoms with Gasteiger partial charge in [-0.05, 0) is 26.0 Å². The molecule has 0 saturated carbocycles. The van der Waals surface area contributed by atoms with Gasteiger partial charge < -0.3 is 15.2 Å². The van der Waals surface area contributed by atoms with E-state index in [1.807, 2.05) is 6.92 Å². The van der Waals surface area contributed by atoms with Crippen LogP contribution in [0, 0.1) is 13.8 Å². The largest absolute Gasteiger partial charge is 0.373 e. The van der Waals surface area contributed by atoms with Crippen LogP contribution in [0.3, 0.4) is 0 Å². The molecule has 1 amide bonds. The summed E-state index contributed by atoms with van der Waals surface area (Å²) in [6, 6.07) is 3.59. The zero-order valence-electron chi connectivity index (χ0n) is 11.6. The third-order valence-corrected chi connectivity index (χ3v) is 2.82. The van der Waals surface area contributed by atoms with E-state index in [1.54, 1.807) is 32.3 Å². The number of hydrogen-bond acceptors (Lipinski definition) is 5. The Morgan fingerprint density at radius 2 is 2.10 bits per heavy atom. The molecule has 20 heavy (non-hydrogen) atoms. The number of rotatable bonds is 4. The number of nitrogens with zero attached hydrogens (tertiary/aromatic N) is 2. The second-order valence-electron chi connectivity index (χ2n) is 4.21. The van der Waals surface area contributed by atoms with Crippen molar-refractivity contribution in [1.29, 1.82) is 0 Å². The van der Waals surface area contributed by atoms with Gasteiger partial charge in [-0.1, -0.05) is 5.16 Å². The lowest BCUT2D eigenvalue weighted by molar-refractivity contribution is -0.115. The van der Waals surface area contributed by atoms with Crippen molar-refractivity contribution in [3.63, 3.8) is 0 Å². The molecule has 2 heterocycles. The molecule has 0 aliphatic rings. The molecule has 0 fully saturated rings. The maximum Gasteiger partial charge on any atom is 0.229 e. The van der Waals surface area contributed by atoms with Gasteiger partial charge in [-0.3, -0.25) is 4.79 Å². The van der Waals surface area contributed by atoms with Gasteiger partial charge in [0, 0.05) is 12.6 Å². The Morgan fingerprint density at radius 1 is 1.35 bits per heavy atom. The standard InChI is InChI=1S/C13H16N4O2.ClH/c1-8-11(9(2)19-17-8)6-13(18)16-10-4-5-12(14-3)15-7-10;/h4-5,7H,6H2,1-3H3,(H,14,15)(H,16,18);1H. The smallest absolute Gasteiger partial charge is 0.229 e. The van der Waals surface area contributed by atoms with Gasteiger partial charge in [0.15, 0.2) is 0 Å². The summed E-state index contributed by atoms with van der Waals surface area (Å²) < 4.78 is 5.03. The van der Waals surface area contributed by atoms with Gasteiger partial charge in [-0.25, -0.2) is 4.98 Å². The van der Waals surface area contributed by atoms with Gasteiger partial charge in [0.25, 0.3) is 0 Å². The minimum absolute atomic E-state index is 0. The van der Waals surface area contributed by atoms with Crippen LogP contribution in [0.2, 0.25) is 0 Å². The lowest BCUT2D eigenvalue weighted by Crippen LogP contribution is -2.15. The second-order valence-corrected chi connectivity index (χ2v) is 4.21. The average Bonchev–Trinajstić information content (AvgIpc) is 2.71. The van der Waals surface area contributed by atoms with E-state index in [1.165, 1.54) is 0 Å². The van der Waals surface area contributed by atoms with E-state index in [4.69, 9.17) is 4.52 Å². The lowest BCUT2D eigenvalue weighted by Gasteiger charge is -2.05. The fraction of sp³-hybridized carbons (Fsp3) is 0.308. The lowest BCUT2D eigenvalue weighted by atomic mass is 10.1. The molecular weight excluding hydrogens is 280 g/mol. The van der Waals surface area contributed by atoms with Crippen LogP contribution < -0.4 is 10.6 Å². The Kier molecular flexibility index (Phi) is 5.52. The van der Waals surface area contributed by atoms with Crippen LogP contribution in [0.1, 0.15) is 17.0 Å². The Balaban J connectivity index is 0.00000200. The minimum Gasteiger partial charge on any atom is -0.373 e. The SMILES string of the molecule is CNc1ccc(NC(=O)Cc2c(C)noc2C)cn1.Cl. The van der Waals surface area contributed by atoms with Crippen LogP contribution in [-0.4, -0.2) is 23.1 Å². The summed E-state index contributed by atoms with van der Waals surface area (Å²) in [7, 11) is 1.79. The number of aryl methyl sites for hydroxylation is 2. The zero-order valence-corrected chi connectivity index (χ0v) is 12.4. The van der Waals surface area contributed by atoms with Crippen LogP contribution >= 0.6 is 12.4 Å². The van der Waals surface area contributed by atoms with Crippen molar-refractivity contribution in [2.45, 2.75) is 20.3 Å². The number of nitrogens with one attached hydrogen (secondary N) is 2. The summed E-state index contributed by atoms with van der Waals surface area (Å²) in [5.41, 5.74) is 2.24. The molecule has 0 radical (unpaired) electrons. The third kappa shape index (κ3) is 3.71. The minimum atomic E-state index is -0.117. The first-order valence-electron chi connectivity index (χ1n) is 5.95. The Bertz CT molecular complexity index is 561. The number of aromatic nitrogens is 2. The van der Waals surface area contributed by atoms with Crippen molar-refractivity contribution in [3.8, 4) is 0 Å². The monoisotopic (exact) mass is 296 g/mol. The summed E-state index contributed by atoms with van der Waals surface area (Å²) in [6.45, 7) is 3.62. The molecule has 2 aromatic heterocycles. The topological polar surface area (TPSA) is 80.0 Å². The van der Waals surface area contributed by atoms with E-state index in [2.05, 4.69) is 20.8 Å². The highest BCUT2D eigenvalue weighted by molar-refractivity contribution is 5.92. The van der Waals surface area contributed by atoms with Gasteiger partial charge in [-0.2, -0.15) is 0 Å².